The Balaban J connectivity index is 1.41. The molecule has 0 aliphatic carbocycles. The molecule has 1 aliphatic rings. The standard InChI is InChI=1S/C21H21ClN4O7/c22-17-6-1-14(11-18(17)26(30)31)21(29)23-12-20(28)33-13-19(27)24-15-2-4-16(5-3-15)25-7-9-32-10-8-25/h1-6,11H,7-10,12-13H2,(H,23,29)(H,24,27). The van der Waals surface area contributed by atoms with Gasteiger partial charge in [-0.25, -0.2) is 0 Å². The topological polar surface area (TPSA) is 140 Å². The van der Waals surface area contributed by atoms with Crippen LogP contribution in [0.2, 0.25) is 5.02 Å². The number of hydrogen-bond donors (Lipinski definition) is 2. The van der Waals surface area contributed by atoms with Crippen molar-refractivity contribution in [1.29, 1.82) is 0 Å². The highest BCUT2D eigenvalue weighted by atomic mass is 35.5. The van der Waals surface area contributed by atoms with Gasteiger partial charge in [0.1, 0.15) is 11.6 Å². The monoisotopic (exact) mass is 476 g/mol. The first kappa shape index (κ1) is 24.0. The third-order valence-electron chi connectivity index (χ3n) is 4.69. The Hall–Kier alpha value is -3.70. The van der Waals surface area contributed by atoms with E-state index in [0.717, 1.165) is 24.8 Å². The van der Waals surface area contributed by atoms with Gasteiger partial charge in [0.15, 0.2) is 6.61 Å². The molecule has 2 aromatic carbocycles. The average molecular weight is 477 g/mol. The zero-order chi connectivity index (χ0) is 23.8. The van der Waals surface area contributed by atoms with E-state index in [0.29, 0.717) is 18.9 Å². The lowest BCUT2D eigenvalue weighted by atomic mass is 10.2. The molecule has 174 valence electrons. The Morgan fingerprint density at radius 1 is 1.12 bits per heavy atom. The van der Waals surface area contributed by atoms with Crippen LogP contribution in [0.1, 0.15) is 10.4 Å². The minimum absolute atomic E-state index is 0.0443. The molecule has 2 aromatic rings. The molecule has 2 N–H and O–H groups in total. The second-order valence-electron chi connectivity index (χ2n) is 6.96. The fraction of sp³-hybridized carbons (Fsp3) is 0.286. The number of amides is 2. The van der Waals surface area contributed by atoms with E-state index in [1.165, 1.54) is 12.1 Å². The Morgan fingerprint density at radius 2 is 1.82 bits per heavy atom. The predicted molar refractivity (Wildman–Crippen MR) is 120 cm³/mol. The number of carbonyl (C=O) groups is 3. The van der Waals surface area contributed by atoms with Crippen LogP contribution in [0.4, 0.5) is 17.1 Å². The minimum atomic E-state index is -0.843. The minimum Gasteiger partial charge on any atom is -0.454 e. The summed E-state index contributed by atoms with van der Waals surface area (Å²) >= 11 is 5.70. The maximum absolute atomic E-state index is 12.1. The van der Waals surface area contributed by atoms with Gasteiger partial charge in [-0.15, -0.1) is 0 Å². The number of benzene rings is 2. The van der Waals surface area contributed by atoms with Gasteiger partial charge < -0.3 is 25.0 Å². The number of anilines is 2. The molecule has 33 heavy (non-hydrogen) atoms. The Kier molecular flexibility index (Phi) is 8.17. The lowest BCUT2D eigenvalue weighted by Crippen LogP contribution is -2.36. The molecule has 0 radical (unpaired) electrons. The third-order valence-corrected chi connectivity index (χ3v) is 5.01. The van der Waals surface area contributed by atoms with Crippen LogP contribution in [-0.2, 0) is 19.1 Å². The van der Waals surface area contributed by atoms with Crippen LogP contribution >= 0.6 is 11.6 Å². The molecule has 12 heteroatoms. The van der Waals surface area contributed by atoms with Crippen molar-refractivity contribution in [3.63, 3.8) is 0 Å². The first-order valence-corrected chi connectivity index (χ1v) is 10.3. The van der Waals surface area contributed by atoms with Gasteiger partial charge in [-0.2, -0.15) is 0 Å². The van der Waals surface area contributed by atoms with Crippen molar-refractivity contribution in [1.82, 2.24) is 5.32 Å². The molecule has 11 nitrogen and oxygen atoms in total. The van der Waals surface area contributed by atoms with E-state index in [1.54, 1.807) is 12.1 Å². The lowest BCUT2D eigenvalue weighted by Gasteiger charge is -2.28. The Labute approximate surface area is 193 Å². The van der Waals surface area contributed by atoms with E-state index < -0.39 is 41.5 Å². The first-order valence-electron chi connectivity index (χ1n) is 9.94. The lowest BCUT2D eigenvalue weighted by molar-refractivity contribution is -0.384. The van der Waals surface area contributed by atoms with Gasteiger partial charge in [-0.05, 0) is 36.4 Å². The van der Waals surface area contributed by atoms with Crippen molar-refractivity contribution in [2.75, 3.05) is 49.7 Å². The summed E-state index contributed by atoms with van der Waals surface area (Å²) in [4.78, 5) is 48.3. The molecule has 0 saturated carbocycles. The van der Waals surface area contributed by atoms with Crippen molar-refractivity contribution in [2.24, 2.45) is 0 Å². The fourth-order valence-corrected chi connectivity index (χ4v) is 3.21. The molecule has 0 atom stereocenters. The van der Waals surface area contributed by atoms with Gasteiger partial charge in [-0.1, -0.05) is 11.6 Å². The van der Waals surface area contributed by atoms with Crippen molar-refractivity contribution < 1.29 is 28.8 Å². The molecule has 0 spiro atoms. The first-order chi connectivity index (χ1) is 15.8. The summed E-state index contributed by atoms with van der Waals surface area (Å²) in [5.41, 5.74) is 1.09. The van der Waals surface area contributed by atoms with E-state index in [1.807, 2.05) is 12.1 Å². The summed E-state index contributed by atoms with van der Waals surface area (Å²) in [6.45, 7) is 1.89. The number of rotatable bonds is 8. The van der Waals surface area contributed by atoms with E-state index in [4.69, 9.17) is 21.1 Å². The zero-order valence-electron chi connectivity index (χ0n) is 17.4. The molecule has 1 heterocycles. The quantitative estimate of drug-likeness (QED) is 0.335. The van der Waals surface area contributed by atoms with Crippen molar-refractivity contribution >= 4 is 46.4 Å². The van der Waals surface area contributed by atoms with E-state index >= 15 is 0 Å². The largest absolute Gasteiger partial charge is 0.454 e. The molecule has 3 rings (SSSR count). The molecule has 0 aromatic heterocycles. The summed E-state index contributed by atoms with van der Waals surface area (Å²) in [6, 6.07) is 10.7. The highest BCUT2D eigenvalue weighted by Gasteiger charge is 2.17. The van der Waals surface area contributed by atoms with Crippen LogP contribution < -0.4 is 15.5 Å². The van der Waals surface area contributed by atoms with Gasteiger partial charge in [0.2, 0.25) is 0 Å². The third kappa shape index (κ3) is 6.89. The fourth-order valence-electron chi connectivity index (χ4n) is 3.02. The number of carbonyl (C=O) groups excluding carboxylic acids is 3. The number of esters is 1. The zero-order valence-corrected chi connectivity index (χ0v) is 18.2. The predicted octanol–water partition coefficient (Wildman–Crippen LogP) is 2.00. The van der Waals surface area contributed by atoms with Crippen LogP contribution in [0.25, 0.3) is 0 Å². The number of morpholine rings is 1. The highest BCUT2D eigenvalue weighted by molar-refractivity contribution is 6.32. The van der Waals surface area contributed by atoms with Crippen LogP contribution in [-0.4, -0.2) is 62.2 Å². The maximum atomic E-state index is 12.1. The molecular formula is C21H21ClN4O7. The molecular weight excluding hydrogens is 456 g/mol. The van der Waals surface area contributed by atoms with Gasteiger partial charge in [0, 0.05) is 36.1 Å². The van der Waals surface area contributed by atoms with Gasteiger partial charge in [0.25, 0.3) is 17.5 Å². The molecule has 1 fully saturated rings. The molecule has 2 amide bonds. The van der Waals surface area contributed by atoms with Crippen molar-refractivity contribution in [3.8, 4) is 0 Å². The second-order valence-corrected chi connectivity index (χ2v) is 7.37. The smallest absolute Gasteiger partial charge is 0.325 e. The maximum Gasteiger partial charge on any atom is 0.325 e. The van der Waals surface area contributed by atoms with Crippen molar-refractivity contribution in [3.05, 3.63) is 63.2 Å². The van der Waals surface area contributed by atoms with Gasteiger partial charge in [0.05, 0.1) is 18.1 Å². The number of hydrogen-bond acceptors (Lipinski definition) is 8. The molecule has 1 aliphatic heterocycles. The van der Waals surface area contributed by atoms with Crippen LogP contribution in [0.5, 0.6) is 0 Å². The molecule has 0 bridgehead atoms. The van der Waals surface area contributed by atoms with Crippen LogP contribution in [0.15, 0.2) is 42.5 Å². The number of nitrogens with one attached hydrogen (secondary N) is 2. The van der Waals surface area contributed by atoms with Crippen molar-refractivity contribution in [2.45, 2.75) is 0 Å². The average Bonchev–Trinajstić information content (AvgIpc) is 2.82. The highest BCUT2D eigenvalue weighted by Crippen LogP contribution is 2.25. The number of nitro groups is 1. The van der Waals surface area contributed by atoms with E-state index in [9.17, 15) is 24.5 Å². The number of nitro benzene ring substituents is 1. The van der Waals surface area contributed by atoms with Gasteiger partial charge in [-0.3, -0.25) is 24.5 Å². The summed E-state index contributed by atoms with van der Waals surface area (Å²) in [5.74, 6) is -2.11. The summed E-state index contributed by atoms with van der Waals surface area (Å²) in [6.07, 6.45) is 0. The summed E-state index contributed by atoms with van der Waals surface area (Å²) < 4.78 is 10.2. The Bertz CT molecular complexity index is 1040. The Morgan fingerprint density at radius 3 is 2.48 bits per heavy atom. The molecule has 0 unspecified atom stereocenters. The van der Waals surface area contributed by atoms with Gasteiger partial charge >= 0.3 is 5.97 Å². The normalized spacial score (nSPS) is 13.2. The number of ether oxygens (including phenoxy) is 2. The van der Waals surface area contributed by atoms with Crippen LogP contribution in [0.3, 0.4) is 0 Å². The number of nitrogens with zero attached hydrogens (tertiary/aromatic N) is 2. The molecule has 1 saturated heterocycles. The SMILES string of the molecule is O=C(COC(=O)CNC(=O)c1ccc(Cl)c([N+](=O)[O-])c1)Nc1ccc(N2CCOCC2)cc1. The summed E-state index contributed by atoms with van der Waals surface area (Å²) in [7, 11) is 0. The van der Waals surface area contributed by atoms with E-state index in [-0.39, 0.29) is 10.6 Å². The van der Waals surface area contributed by atoms with E-state index in [2.05, 4.69) is 15.5 Å². The second kappa shape index (κ2) is 11.2. The van der Waals surface area contributed by atoms with Crippen LogP contribution in [0, 0.1) is 10.1 Å². The number of halogens is 1. The summed E-state index contributed by atoms with van der Waals surface area (Å²) in [5, 5.41) is 15.7.